The lowest BCUT2D eigenvalue weighted by Crippen LogP contribution is -2.49. The summed E-state index contributed by atoms with van der Waals surface area (Å²) in [7, 11) is 1.99. The zero-order valence-corrected chi connectivity index (χ0v) is 23.3. The molecule has 8 bridgehead atoms. The van der Waals surface area contributed by atoms with Crippen molar-refractivity contribution in [2.24, 2.45) is 11.3 Å². The minimum absolute atomic E-state index is 0.0228. The molecule has 2 fully saturated rings. The van der Waals surface area contributed by atoms with Crippen molar-refractivity contribution in [1.82, 2.24) is 20.1 Å². The summed E-state index contributed by atoms with van der Waals surface area (Å²) in [5.41, 5.74) is 3.97. The summed E-state index contributed by atoms with van der Waals surface area (Å²) in [5, 5.41) is 8.92. The molecule has 37 heavy (non-hydrogen) atoms. The fraction of sp³-hybridized carbons (Fsp3) is 0.500. The van der Waals surface area contributed by atoms with E-state index in [1.165, 1.54) is 0 Å². The molecule has 3 aromatic rings. The van der Waals surface area contributed by atoms with Crippen LogP contribution in [0.1, 0.15) is 38.2 Å². The number of benzene rings is 1. The number of carbonyl (C=O) groups is 1. The fourth-order valence-corrected chi connectivity index (χ4v) is 6.59. The van der Waals surface area contributed by atoms with E-state index in [4.69, 9.17) is 9.40 Å². The lowest BCUT2D eigenvalue weighted by Gasteiger charge is -2.43. The Balaban J connectivity index is 1.46. The number of nitrogens with zero attached hydrogens (tertiary/aromatic N) is 6. The van der Waals surface area contributed by atoms with E-state index in [0.29, 0.717) is 18.3 Å². The largest absolute Gasteiger partial charge is 0.416 e. The van der Waals surface area contributed by atoms with Crippen LogP contribution in [0.5, 0.6) is 0 Å². The maximum atomic E-state index is 13.6. The quantitative estimate of drug-likeness (QED) is 0.373. The van der Waals surface area contributed by atoms with Gasteiger partial charge in [-0.2, -0.15) is 0 Å². The minimum atomic E-state index is -0.0228. The maximum Gasteiger partial charge on any atom is 0.250 e. The Kier molecular flexibility index (Phi) is 6.21. The Morgan fingerprint density at radius 1 is 1.05 bits per heavy atom. The number of amides is 1. The Bertz CT molecular complexity index is 1330. The number of piperidine rings is 2. The van der Waals surface area contributed by atoms with Crippen LogP contribution in [0.3, 0.4) is 0 Å². The van der Waals surface area contributed by atoms with E-state index >= 15 is 0 Å². The third-order valence-electron chi connectivity index (χ3n) is 8.40. The second kappa shape index (κ2) is 9.42. The van der Waals surface area contributed by atoms with E-state index in [2.05, 4.69) is 48.9 Å². The third kappa shape index (κ3) is 4.51. The Morgan fingerprint density at radius 3 is 2.59 bits per heavy atom. The smallest absolute Gasteiger partial charge is 0.250 e. The van der Waals surface area contributed by atoms with Crippen LogP contribution in [-0.4, -0.2) is 65.8 Å². The van der Waals surface area contributed by atoms with Gasteiger partial charge in [0.1, 0.15) is 5.82 Å². The number of hydrogen-bond donors (Lipinski definition) is 0. The lowest BCUT2D eigenvalue weighted by molar-refractivity contribution is -0.136. The van der Waals surface area contributed by atoms with E-state index in [1.807, 2.05) is 37.1 Å². The van der Waals surface area contributed by atoms with Crippen molar-refractivity contribution in [3.63, 3.8) is 0 Å². The highest BCUT2D eigenvalue weighted by Gasteiger charge is 2.36. The van der Waals surface area contributed by atoms with Crippen LogP contribution in [0.15, 0.2) is 39.4 Å². The number of anilines is 2. The summed E-state index contributed by atoms with van der Waals surface area (Å²) in [5.74, 6) is 2.12. The third-order valence-corrected chi connectivity index (χ3v) is 8.89. The number of aromatic nitrogens is 3. The molecule has 0 spiro atoms. The molecule has 9 heteroatoms. The summed E-state index contributed by atoms with van der Waals surface area (Å²) < 4.78 is 7.32. The molecular formula is C28H33BrN6O2. The van der Waals surface area contributed by atoms with E-state index < -0.39 is 0 Å². The lowest BCUT2D eigenvalue weighted by atomic mass is 9.79. The summed E-state index contributed by atoms with van der Waals surface area (Å²) in [6.45, 7) is 8.54. The predicted octanol–water partition coefficient (Wildman–Crippen LogP) is 5.16. The topological polar surface area (TPSA) is 78.6 Å². The summed E-state index contributed by atoms with van der Waals surface area (Å²) in [4.78, 5) is 25.0. The van der Waals surface area contributed by atoms with Crippen LogP contribution in [0, 0.1) is 18.3 Å². The van der Waals surface area contributed by atoms with Crippen LogP contribution in [-0.2, 0) is 4.79 Å². The van der Waals surface area contributed by atoms with E-state index in [9.17, 15) is 4.79 Å². The van der Waals surface area contributed by atoms with Crippen molar-refractivity contribution in [3.05, 3.63) is 40.5 Å². The molecule has 194 valence electrons. The van der Waals surface area contributed by atoms with E-state index in [1.54, 1.807) is 6.20 Å². The molecule has 7 rings (SSSR count). The molecule has 1 atom stereocenters. The summed E-state index contributed by atoms with van der Waals surface area (Å²) in [6, 6.07) is 8.14. The monoisotopic (exact) mass is 564 g/mol. The molecular weight excluding hydrogens is 532 g/mol. The average Bonchev–Trinajstić information content (AvgIpc) is 3.38. The predicted molar refractivity (Wildman–Crippen MR) is 148 cm³/mol. The van der Waals surface area contributed by atoms with Gasteiger partial charge in [-0.15, -0.1) is 10.2 Å². The Morgan fingerprint density at radius 2 is 1.81 bits per heavy atom. The Hall–Kier alpha value is -2.94. The van der Waals surface area contributed by atoms with Gasteiger partial charge in [0, 0.05) is 61.6 Å². The number of pyridine rings is 1. The molecule has 6 heterocycles. The van der Waals surface area contributed by atoms with Crippen LogP contribution in [0.25, 0.3) is 22.9 Å². The number of rotatable bonds is 0. The average molecular weight is 566 g/mol. The molecule has 1 aromatic carbocycles. The van der Waals surface area contributed by atoms with Gasteiger partial charge in [0.2, 0.25) is 17.7 Å². The molecule has 1 amide bonds. The molecule has 0 radical (unpaired) electrons. The second-order valence-corrected chi connectivity index (χ2v) is 12.1. The molecule has 2 aromatic heterocycles. The highest BCUT2D eigenvalue weighted by Crippen LogP contribution is 2.40. The summed E-state index contributed by atoms with van der Waals surface area (Å²) >= 11 is 3.65. The van der Waals surface area contributed by atoms with Gasteiger partial charge in [0.25, 0.3) is 0 Å². The first kappa shape index (κ1) is 24.4. The van der Waals surface area contributed by atoms with Crippen LogP contribution in [0.2, 0.25) is 0 Å². The van der Waals surface area contributed by atoms with Gasteiger partial charge >= 0.3 is 0 Å². The number of halogens is 1. The minimum Gasteiger partial charge on any atom is -0.416 e. The van der Waals surface area contributed by atoms with Crippen molar-refractivity contribution in [2.75, 3.05) is 49.6 Å². The van der Waals surface area contributed by atoms with Gasteiger partial charge < -0.3 is 19.1 Å². The van der Waals surface area contributed by atoms with Gasteiger partial charge in [0.15, 0.2) is 0 Å². The number of carbonyl (C=O) groups excluding carboxylic acids is 1. The number of hydrogen-bond acceptors (Lipinski definition) is 7. The molecule has 4 aliphatic rings. The number of fused-ring (bicyclic) bond motifs is 4. The Labute approximate surface area is 226 Å². The molecule has 0 N–H and O–H groups in total. The van der Waals surface area contributed by atoms with Crippen LogP contribution < -0.4 is 9.80 Å². The molecule has 4 aliphatic heterocycles. The van der Waals surface area contributed by atoms with Gasteiger partial charge in [-0.1, -0.05) is 22.9 Å². The first-order valence-corrected chi connectivity index (χ1v) is 13.9. The van der Waals surface area contributed by atoms with Crippen molar-refractivity contribution >= 4 is 33.3 Å². The first-order chi connectivity index (χ1) is 17.8. The molecule has 0 saturated carbocycles. The molecule has 1 unspecified atom stereocenters. The second-order valence-electron chi connectivity index (χ2n) is 11.2. The highest BCUT2D eigenvalue weighted by atomic mass is 79.9. The highest BCUT2D eigenvalue weighted by molar-refractivity contribution is 9.10. The fourth-order valence-electron chi connectivity index (χ4n) is 6.24. The van der Waals surface area contributed by atoms with Crippen molar-refractivity contribution in [2.45, 2.75) is 39.5 Å². The van der Waals surface area contributed by atoms with Crippen molar-refractivity contribution in [3.8, 4) is 22.9 Å². The van der Waals surface area contributed by atoms with Gasteiger partial charge in [-0.25, -0.2) is 4.98 Å². The molecule has 8 nitrogen and oxygen atoms in total. The van der Waals surface area contributed by atoms with Crippen LogP contribution in [0.4, 0.5) is 11.5 Å². The zero-order valence-electron chi connectivity index (χ0n) is 21.7. The van der Waals surface area contributed by atoms with Crippen molar-refractivity contribution < 1.29 is 9.21 Å². The first-order valence-electron chi connectivity index (χ1n) is 13.2. The van der Waals surface area contributed by atoms with Crippen molar-refractivity contribution in [1.29, 1.82) is 0 Å². The van der Waals surface area contributed by atoms with E-state index in [-0.39, 0.29) is 17.2 Å². The SMILES string of the molecule is Cc1c2ccnc1N1CCCC(C1)C(=O)N(C)CC1(C)CCN(CC1)c1cc(Br)ccc1-c1nnc-2o1. The van der Waals surface area contributed by atoms with Crippen LogP contribution >= 0.6 is 15.9 Å². The van der Waals surface area contributed by atoms with Gasteiger partial charge in [-0.3, -0.25) is 4.79 Å². The van der Waals surface area contributed by atoms with Gasteiger partial charge in [0.05, 0.1) is 17.2 Å². The van der Waals surface area contributed by atoms with Gasteiger partial charge in [-0.05, 0) is 62.3 Å². The standard InChI is InChI=1S/C28H33BrN6O2/c1-18-21-8-11-30-24(18)35-12-4-5-19(16-35)27(36)33(3)17-28(2)9-13-34(14-10-28)23-15-20(29)6-7-22(23)26-32-31-25(21)37-26/h6-8,11,15,19H,4-5,9-10,12-14,16-17H2,1-3H3. The normalized spacial score (nSPS) is 24.1. The molecule has 0 aliphatic carbocycles. The summed E-state index contributed by atoms with van der Waals surface area (Å²) in [6.07, 6.45) is 5.71. The molecule has 2 saturated heterocycles. The van der Waals surface area contributed by atoms with E-state index in [0.717, 1.165) is 84.5 Å². The zero-order chi connectivity index (χ0) is 25.7. The maximum absolute atomic E-state index is 13.6.